The van der Waals surface area contributed by atoms with E-state index in [-0.39, 0.29) is 31.5 Å². The molecule has 10 heteroatoms. The Morgan fingerprint density at radius 2 is 0.831 bits per heavy atom. The molecule has 0 saturated heterocycles. The number of nitrogens with one attached hydrogen (secondary N) is 1. The number of esters is 1. The van der Waals surface area contributed by atoms with Crippen LogP contribution in [0.5, 0.6) is 0 Å². The van der Waals surface area contributed by atoms with Gasteiger partial charge in [-0.3, -0.25) is 18.6 Å². The Morgan fingerprint density at radius 1 is 0.468 bits per heavy atom. The topological polar surface area (TPSA) is 111 Å². The van der Waals surface area contributed by atoms with Gasteiger partial charge in [-0.1, -0.05) is 240 Å². The highest BCUT2D eigenvalue weighted by Gasteiger charge is 2.30. The van der Waals surface area contributed by atoms with Crippen molar-refractivity contribution in [2.75, 3.05) is 40.9 Å². The fraction of sp³-hybridized carbons (Fsp3) is 0.731. The molecule has 444 valence electrons. The van der Waals surface area contributed by atoms with E-state index in [9.17, 15) is 19.0 Å². The van der Waals surface area contributed by atoms with E-state index in [0.717, 1.165) is 116 Å². The van der Waals surface area contributed by atoms with Crippen LogP contribution in [0.4, 0.5) is 0 Å². The van der Waals surface area contributed by atoms with Crippen LogP contribution in [-0.4, -0.2) is 74.3 Å². The Labute approximate surface area is 475 Å². The van der Waals surface area contributed by atoms with Gasteiger partial charge in [-0.15, -0.1) is 0 Å². The Balaban J connectivity index is 5.31. The van der Waals surface area contributed by atoms with Gasteiger partial charge in [0.05, 0.1) is 33.8 Å². The number of phosphoric acid groups is 1. The number of hydrogen-bond acceptors (Lipinski definition) is 6. The Bertz CT molecular complexity index is 1640. The lowest BCUT2D eigenvalue weighted by atomic mass is 10.0. The predicted octanol–water partition coefficient (Wildman–Crippen LogP) is 19.6. The van der Waals surface area contributed by atoms with Gasteiger partial charge in [-0.2, -0.15) is 0 Å². The first kappa shape index (κ1) is 73.9. The van der Waals surface area contributed by atoms with Gasteiger partial charge in [-0.25, -0.2) is 4.57 Å². The number of rotatable bonds is 56. The number of carbonyl (C=O) groups is 2. The highest BCUT2D eigenvalue weighted by molar-refractivity contribution is 7.47. The second kappa shape index (κ2) is 56.2. The van der Waals surface area contributed by atoms with Crippen LogP contribution in [0, 0.1) is 0 Å². The number of allylic oxidation sites excluding steroid dienone is 15. The highest BCUT2D eigenvalue weighted by Crippen LogP contribution is 2.43. The molecule has 9 nitrogen and oxygen atoms in total. The smallest absolute Gasteiger partial charge is 0.456 e. The second-order valence-electron chi connectivity index (χ2n) is 22.2. The molecule has 77 heavy (non-hydrogen) atoms. The molecule has 0 aliphatic carbocycles. The number of unbranched alkanes of at least 4 members (excludes halogenated alkanes) is 26. The van der Waals surface area contributed by atoms with Crippen molar-refractivity contribution in [2.24, 2.45) is 0 Å². The largest absolute Gasteiger partial charge is 0.472 e. The number of nitrogens with zero attached hydrogens (tertiary/aromatic N) is 1. The van der Waals surface area contributed by atoms with Crippen LogP contribution >= 0.6 is 7.82 Å². The van der Waals surface area contributed by atoms with E-state index in [4.69, 9.17) is 13.8 Å². The van der Waals surface area contributed by atoms with Crippen molar-refractivity contribution in [2.45, 2.75) is 277 Å². The highest BCUT2D eigenvalue weighted by atomic mass is 31.2. The van der Waals surface area contributed by atoms with Crippen LogP contribution in [0.15, 0.2) is 97.2 Å². The van der Waals surface area contributed by atoms with Crippen molar-refractivity contribution in [3.63, 3.8) is 0 Å². The lowest BCUT2D eigenvalue weighted by Crippen LogP contribution is -2.47. The second-order valence-corrected chi connectivity index (χ2v) is 23.6. The van der Waals surface area contributed by atoms with Crippen LogP contribution in [0.3, 0.4) is 0 Å². The normalized spacial score (nSPS) is 14.3. The number of carbonyl (C=O) groups excluding carboxylic acids is 2. The molecule has 0 aliphatic heterocycles. The van der Waals surface area contributed by atoms with E-state index >= 15 is 0 Å². The summed E-state index contributed by atoms with van der Waals surface area (Å²) in [5.74, 6) is -0.541. The van der Waals surface area contributed by atoms with E-state index in [1.807, 2.05) is 33.3 Å². The molecule has 0 aromatic rings. The minimum absolute atomic E-state index is 0.0310. The lowest BCUT2D eigenvalue weighted by molar-refractivity contribution is -0.870. The average molecular weight is 1100 g/mol. The van der Waals surface area contributed by atoms with Crippen molar-refractivity contribution >= 4 is 19.7 Å². The van der Waals surface area contributed by atoms with Crippen molar-refractivity contribution < 1.29 is 37.3 Å². The minimum atomic E-state index is -4.46. The molecule has 0 bridgehead atoms. The molecule has 0 aromatic heterocycles. The maximum Gasteiger partial charge on any atom is 0.472 e. The van der Waals surface area contributed by atoms with E-state index < -0.39 is 20.0 Å². The van der Waals surface area contributed by atoms with Crippen molar-refractivity contribution in [1.29, 1.82) is 0 Å². The minimum Gasteiger partial charge on any atom is -0.456 e. The zero-order valence-electron chi connectivity index (χ0n) is 50.7. The third kappa shape index (κ3) is 57.4. The van der Waals surface area contributed by atoms with E-state index in [0.29, 0.717) is 23.9 Å². The Kier molecular flexibility index (Phi) is 54.0. The van der Waals surface area contributed by atoms with Gasteiger partial charge < -0.3 is 19.4 Å². The van der Waals surface area contributed by atoms with Gasteiger partial charge in [0.25, 0.3) is 0 Å². The average Bonchev–Trinajstić information content (AvgIpc) is 3.39. The zero-order chi connectivity index (χ0) is 56.4. The molecule has 0 spiro atoms. The van der Waals surface area contributed by atoms with Gasteiger partial charge in [0.2, 0.25) is 5.91 Å². The monoisotopic (exact) mass is 1100 g/mol. The summed E-state index contributed by atoms with van der Waals surface area (Å²) in [7, 11) is 1.47. The Morgan fingerprint density at radius 3 is 1.27 bits per heavy atom. The maximum absolute atomic E-state index is 13.5. The van der Waals surface area contributed by atoms with Crippen molar-refractivity contribution in [1.82, 2.24) is 5.32 Å². The number of quaternary nitrogens is 1. The molecule has 2 N–H and O–H groups in total. The molecular weight excluding hydrogens is 976 g/mol. The molecule has 0 aromatic carbocycles. The third-order valence-electron chi connectivity index (χ3n) is 13.5. The molecule has 0 radical (unpaired) electrons. The molecule has 3 unspecified atom stereocenters. The molecule has 0 saturated carbocycles. The van der Waals surface area contributed by atoms with Crippen LogP contribution < -0.4 is 5.32 Å². The van der Waals surface area contributed by atoms with Crippen LogP contribution in [-0.2, 0) is 27.9 Å². The number of amides is 1. The maximum atomic E-state index is 13.5. The van der Waals surface area contributed by atoms with Crippen molar-refractivity contribution in [3.05, 3.63) is 97.2 Å². The fourth-order valence-electron chi connectivity index (χ4n) is 8.64. The first-order chi connectivity index (χ1) is 37.4. The van der Waals surface area contributed by atoms with Gasteiger partial charge in [-0.05, 0) is 109 Å². The number of hydrogen-bond donors (Lipinski definition) is 2. The van der Waals surface area contributed by atoms with Gasteiger partial charge >= 0.3 is 13.8 Å². The van der Waals surface area contributed by atoms with E-state index in [1.165, 1.54) is 109 Å². The zero-order valence-corrected chi connectivity index (χ0v) is 51.6. The third-order valence-corrected chi connectivity index (χ3v) is 14.5. The van der Waals surface area contributed by atoms with Crippen molar-refractivity contribution in [3.8, 4) is 0 Å². The molecule has 3 atom stereocenters. The summed E-state index contributed by atoms with van der Waals surface area (Å²) >= 11 is 0. The first-order valence-electron chi connectivity index (χ1n) is 31.6. The summed E-state index contributed by atoms with van der Waals surface area (Å²) in [5.41, 5.74) is 0. The van der Waals surface area contributed by atoms with Crippen LogP contribution in [0.2, 0.25) is 0 Å². The summed E-state index contributed by atoms with van der Waals surface area (Å²) < 4.78 is 30.7. The van der Waals surface area contributed by atoms with Gasteiger partial charge in [0.1, 0.15) is 19.3 Å². The predicted molar refractivity (Wildman–Crippen MR) is 332 cm³/mol. The SMILES string of the molecule is CC/C=C\C/C=C\C/C=C\C/C=C\C/C=C\C/C=C\CCCCCCC(=O)OC(/C=C\CCCCCCCCCCCCC)C(COP(=O)(O)OCC[N+](C)(C)C)NC(=O)CCCCCCCCC/C=C\CCCCCC. The molecule has 0 aliphatic rings. The number of likely N-dealkylation sites (N-methyl/N-ethyl adjacent to an activating group) is 1. The molecule has 0 fully saturated rings. The quantitative estimate of drug-likeness (QED) is 0.0205. The standard InChI is InChI=1S/C67H119N2O7P/c1-7-10-13-16-19-22-25-28-30-31-32-33-34-35-36-37-39-42-45-48-51-54-57-60-67(71)76-65(58-55-52-49-46-43-40-27-24-21-18-15-12-9-3)64(63-75-77(72,73)74-62-61-69(4,5)6)68-66(70)59-56-53-50-47-44-41-38-29-26-23-20-17-14-11-8-2/h10,13,19,22-23,26,28,30,32-33,35-36,39,42,55,58,64-65H,7-9,11-12,14-18,20-21,24-25,27,29,31,34,37-38,40-41,43-54,56-57,59-63H2,1-6H3,(H-,68,70,72,73)/p+1/b13-10-,22-19-,26-23-,30-28-,33-32-,36-35-,42-39-,58-55-. The molecule has 0 heterocycles. The fourth-order valence-corrected chi connectivity index (χ4v) is 9.38. The summed E-state index contributed by atoms with van der Waals surface area (Å²) in [6.07, 6.45) is 75.4. The van der Waals surface area contributed by atoms with E-state index in [2.05, 4.69) is 111 Å². The summed E-state index contributed by atoms with van der Waals surface area (Å²) in [6.45, 7) is 6.87. The molecule has 0 rings (SSSR count). The lowest BCUT2D eigenvalue weighted by Gasteiger charge is -2.27. The number of ether oxygens (including phenoxy) is 1. The van der Waals surface area contributed by atoms with Crippen LogP contribution in [0.1, 0.15) is 265 Å². The van der Waals surface area contributed by atoms with Crippen LogP contribution in [0.25, 0.3) is 0 Å². The first-order valence-corrected chi connectivity index (χ1v) is 33.1. The summed E-state index contributed by atoms with van der Waals surface area (Å²) in [4.78, 5) is 37.7. The van der Waals surface area contributed by atoms with Gasteiger partial charge in [0.15, 0.2) is 0 Å². The number of phosphoric ester groups is 1. The Hall–Kier alpha value is -3.07. The summed E-state index contributed by atoms with van der Waals surface area (Å²) in [6, 6.07) is -0.866. The van der Waals surface area contributed by atoms with E-state index in [1.54, 1.807) is 0 Å². The molecular formula is C67H120N2O7P+. The summed E-state index contributed by atoms with van der Waals surface area (Å²) in [5, 5.41) is 3.05. The molecule has 1 amide bonds. The van der Waals surface area contributed by atoms with Gasteiger partial charge in [0, 0.05) is 12.8 Å².